The van der Waals surface area contributed by atoms with Crippen LogP contribution in [0.25, 0.3) is 22.4 Å². The molecule has 1 unspecified atom stereocenters. The van der Waals surface area contributed by atoms with Gasteiger partial charge in [-0.2, -0.15) is 5.10 Å². The van der Waals surface area contributed by atoms with Gasteiger partial charge < -0.3 is 15.5 Å². The Kier molecular flexibility index (Phi) is 4.03. The Bertz CT molecular complexity index is 1460. The highest BCUT2D eigenvalue weighted by molar-refractivity contribution is 7.09. The zero-order valence-corrected chi connectivity index (χ0v) is 19.8. The fourth-order valence-electron chi connectivity index (χ4n) is 5.96. The second-order valence-electron chi connectivity index (χ2n) is 9.63. The number of anilines is 2. The fourth-order valence-corrected chi connectivity index (χ4v) is 7.10. The first kappa shape index (κ1) is 20.0. The highest BCUT2D eigenvalue weighted by Crippen LogP contribution is 2.63. The highest BCUT2D eigenvalue weighted by Gasteiger charge is 2.69. The van der Waals surface area contributed by atoms with E-state index in [-0.39, 0.29) is 11.3 Å². The summed E-state index contributed by atoms with van der Waals surface area (Å²) in [5.41, 5.74) is 12.4. The Labute approximate surface area is 200 Å². The van der Waals surface area contributed by atoms with Crippen molar-refractivity contribution in [3.05, 3.63) is 46.0 Å². The van der Waals surface area contributed by atoms with Crippen molar-refractivity contribution in [1.29, 1.82) is 0 Å². The first-order chi connectivity index (χ1) is 16.5. The van der Waals surface area contributed by atoms with Crippen molar-refractivity contribution in [3.8, 4) is 11.3 Å². The molecule has 4 aromatic rings. The van der Waals surface area contributed by atoms with Crippen LogP contribution in [0.4, 0.5) is 11.5 Å². The zero-order chi connectivity index (χ0) is 23.2. The molecule has 3 N–H and O–H groups in total. The van der Waals surface area contributed by atoms with Crippen molar-refractivity contribution >= 4 is 39.9 Å². The van der Waals surface area contributed by atoms with Crippen molar-refractivity contribution in [1.82, 2.24) is 25.1 Å². The molecule has 1 aliphatic carbocycles. The van der Waals surface area contributed by atoms with Gasteiger partial charge in [0.1, 0.15) is 16.3 Å². The van der Waals surface area contributed by atoms with Crippen LogP contribution in [-0.4, -0.2) is 57.7 Å². The Balaban J connectivity index is 1.15. The molecule has 9 nitrogen and oxygen atoms in total. The number of aryl methyl sites for hydroxylation is 1. The number of hydrogen-bond acceptors (Lipinski definition) is 8. The van der Waals surface area contributed by atoms with Gasteiger partial charge in [0.05, 0.1) is 18.3 Å². The van der Waals surface area contributed by atoms with Crippen LogP contribution in [0, 0.1) is 18.8 Å². The van der Waals surface area contributed by atoms with E-state index >= 15 is 0 Å². The molecular weight excluding hydrogens is 448 g/mol. The third kappa shape index (κ3) is 2.60. The van der Waals surface area contributed by atoms with Crippen LogP contribution in [0.15, 0.2) is 29.8 Å². The first-order valence-electron chi connectivity index (χ1n) is 11.5. The molecule has 3 aromatic heterocycles. The molecule has 3 atom stereocenters. The number of fused-ring (bicyclic) bond motifs is 3. The predicted octanol–water partition coefficient (Wildman–Crippen LogP) is 2.27. The van der Waals surface area contributed by atoms with Crippen LogP contribution < -0.4 is 15.5 Å². The maximum absolute atomic E-state index is 12.0. The number of hydrogen-bond donors (Lipinski definition) is 2. The first-order valence-corrected chi connectivity index (χ1v) is 12.4. The zero-order valence-electron chi connectivity index (χ0n) is 18.9. The van der Waals surface area contributed by atoms with Gasteiger partial charge in [0.15, 0.2) is 0 Å². The summed E-state index contributed by atoms with van der Waals surface area (Å²) in [5.74, 6) is 1.96. The number of thiazole rings is 1. The normalized spacial score (nSPS) is 25.3. The molecule has 0 bridgehead atoms. The smallest absolute Gasteiger partial charge is 0.231 e. The van der Waals surface area contributed by atoms with Crippen LogP contribution in [0.1, 0.15) is 16.3 Å². The molecule has 2 aliphatic heterocycles. The van der Waals surface area contributed by atoms with E-state index in [0.29, 0.717) is 30.4 Å². The summed E-state index contributed by atoms with van der Waals surface area (Å²) in [6.07, 6.45) is 2.26. The molecule has 0 spiro atoms. The van der Waals surface area contributed by atoms with E-state index in [0.717, 1.165) is 52.6 Å². The van der Waals surface area contributed by atoms with Gasteiger partial charge in [-0.1, -0.05) is 6.07 Å². The quantitative estimate of drug-likeness (QED) is 0.468. The number of benzene rings is 1. The molecule has 0 radical (unpaired) electrons. The second-order valence-corrected chi connectivity index (χ2v) is 10.5. The summed E-state index contributed by atoms with van der Waals surface area (Å²) in [7, 11) is 1.81. The van der Waals surface area contributed by atoms with E-state index in [1.165, 1.54) is 5.01 Å². The van der Waals surface area contributed by atoms with E-state index in [9.17, 15) is 4.79 Å². The topological polar surface area (TPSA) is 117 Å². The van der Waals surface area contributed by atoms with E-state index in [1.54, 1.807) is 16.2 Å². The van der Waals surface area contributed by atoms with Crippen molar-refractivity contribution in [2.45, 2.75) is 18.8 Å². The molecule has 2 fully saturated rings. The minimum absolute atomic E-state index is 0.0233. The molecule has 1 saturated carbocycles. The lowest BCUT2D eigenvalue weighted by atomic mass is 10.0. The average molecular weight is 473 g/mol. The number of aromatic nitrogens is 5. The number of amides is 1. The summed E-state index contributed by atoms with van der Waals surface area (Å²) in [6, 6.07) is 6.02. The number of aromatic amines is 1. The highest BCUT2D eigenvalue weighted by atomic mass is 32.1. The number of nitrogens with zero attached hydrogens (tertiary/aromatic N) is 6. The fraction of sp³-hybridized carbons (Fsp3) is 0.375. The standard InChI is InChI=1S/C24H24N8OS/c1-12-10-34-23(27-12)24(11-25)15-8-32(9-16(15)24)18-7-26-21-20(29-30-22(21)28-18)13-3-4-17-14(5-13)6-19(33)31(17)2/h3-5,7,10,15-16H,6,8-9,11,25H2,1-2H3,(H,28,29,30)/t15-,16+,24?. The summed E-state index contributed by atoms with van der Waals surface area (Å²) in [4.78, 5) is 30.3. The van der Waals surface area contributed by atoms with Crippen molar-refractivity contribution < 1.29 is 4.79 Å². The van der Waals surface area contributed by atoms with Crippen LogP contribution in [0.5, 0.6) is 0 Å². The van der Waals surface area contributed by atoms with E-state index < -0.39 is 0 Å². The third-order valence-corrected chi connectivity index (χ3v) is 9.06. The lowest BCUT2D eigenvalue weighted by Crippen LogP contribution is -2.35. The van der Waals surface area contributed by atoms with Gasteiger partial charge in [0.2, 0.25) is 11.6 Å². The Morgan fingerprint density at radius 3 is 2.82 bits per heavy atom. The van der Waals surface area contributed by atoms with Gasteiger partial charge in [-0.3, -0.25) is 9.89 Å². The van der Waals surface area contributed by atoms with Gasteiger partial charge in [-0.25, -0.2) is 15.0 Å². The van der Waals surface area contributed by atoms with Gasteiger partial charge in [-0.15, -0.1) is 11.3 Å². The molecule has 1 aromatic carbocycles. The second kappa shape index (κ2) is 6.83. The van der Waals surface area contributed by atoms with Crippen molar-refractivity contribution in [2.75, 3.05) is 36.5 Å². The minimum atomic E-state index is 0.0233. The summed E-state index contributed by atoms with van der Waals surface area (Å²) in [5, 5.41) is 10.9. The largest absolute Gasteiger partial charge is 0.355 e. The number of nitrogens with one attached hydrogen (secondary N) is 1. The molecule has 7 rings (SSSR count). The van der Waals surface area contributed by atoms with Crippen molar-refractivity contribution in [2.24, 2.45) is 17.6 Å². The molecule has 3 aliphatic rings. The number of likely N-dealkylation sites (N-methyl/N-ethyl adjacent to an activating group) is 1. The third-order valence-electron chi connectivity index (χ3n) is 7.91. The summed E-state index contributed by atoms with van der Waals surface area (Å²) in [6.45, 7) is 4.49. The lowest BCUT2D eigenvalue weighted by Gasteiger charge is -2.25. The van der Waals surface area contributed by atoms with Crippen LogP contribution >= 0.6 is 11.3 Å². The number of H-pyrrole nitrogens is 1. The van der Waals surface area contributed by atoms with Crippen molar-refractivity contribution in [3.63, 3.8) is 0 Å². The van der Waals surface area contributed by atoms with Gasteiger partial charge in [0.25, 0.3) is 0 Å². The average Bonchev–Trinajstić information content (AvgIpc) is 3.41. The Morgan fingerprint density at radius 1 is 1.26 bits per heavy atom. The summed E-state index contributed by atoms with van der Waals surface area (Å²) < 4.78 is 0. The number of nitrogens with two attached hydrogens (primary N) is 1. The molecule has 172 valence electrons. The molecular formula is C24H24N8OS. The summed E-state index contributed by atoms with van der Waals surface area (Å²) >= 11 is 1.73. The monoisotopic (exact) mass is 472 g/mol. The molecule has 10 heteroatoms. The van der Waals surface area contributed by atoms with Crippen LogP contribution in [0.2, 0.25) is 0 Å². The van der Waals surface area contributed by atoms with Gasteiger partial charge in [-0.05, 0) is 36.5 Å². The minimum Gasteiger partial charge on any atom is -0.355 e. The molecule has 1 saturated heterocycles. The molecule has 5 heterocycles. The number of carbonyl (C=O) groups excluding carboxylic acids is 1. The van der Waals surface area contributed by atoms with E-state index in [2.05, 4.69) is 20.5 Å². The lowest BCUT2D eigenvalue weighted by molar-refractivity contribution is -0.117. The van der Waals surface area contributed by atoms with E-state index in [4.69, 9.17) is 20.7 Å². The maximum atomic E-state index is 12.0. The van der Waals surface area contributed by atoms with Gasteiger partial charge in [0, 0.05) is 54.4 Å². The Morgan fingerprint density at radius 2 is 2.09 bits per heavy atom. The van der Waals surface area contributed by atoms with Crippen LogP contribution in [0.3, 0.4) is 0 Å². The van der Waals surface area contributed by atoms with E-state index in [1.807, 2.05) is 38.4 Å². The predicted molar refractivity (Wildman–Crippen MR) is 131 cm³/mol. The number of piperidine rings is 1. The SMILES string of the molecule is Cc1csc(C2(CN)[C@@H]3CN(c4cnc5c(-c6ccc7c(c6)CC(=O)N7C)[nH]nc5n4)C[C@@H]32)n1. The van der Waals surface area contributed by atoms with Crippen LogP contribution in [-0.2, 0) is 16.6 Å². The molecule has 1 amide bonds. The Hall–Kier alpha value is -3.37. The maximum Gasteiger partial charge on any atom is 0.231 e. The van der Waals surface area contributed by atoms with Gasteiger partial charge >= 0.3 is 0 Å². The number of rotatable bonds is 4. The molecule has 34 heavy (non-hydrogen) atoms. The number of carbonyl (C=O) groups is 1.